The summed E-state index contributed by atoms with van der Waals surface area (Å²) >= 11 is 0. The van der Waals surface area contributed by atoms with Gasteiger partial charge in [0.15, 0.2) is 0 Å². The molecule has 0 saturated carbocycles. The van der Waals surface area contributed by atoms with Crippen molar-refractivity contribution < 1.29 is 9.18 Å². The van der Waals surface area contributed by atoms with Gasteiger partial charge in [-0.2, -0.15) is 0 Å². The minimum absolute atomic E-state index is 0.0272. The molecule has 23 heavy (non-hydrogen) atoms. The molecule has 122 valence electrons. The van der Waals surface area contributed by atoms with Gasteiger partial charge in [0, 0.05) is 6.42 Å². The monoisotopic (exact) mass is 313 g/mol. The first kappa shape index (κ1) is 17.2. The summed E-state index contributed by atoms with van der Waals surface area (Å²) in [4.78, 5) is 12.2. The molecule has 2 nitrogen and oxygen atoms in total. The van der Waals surface area contributed by atoms with E-state index in [9.17, 15) is 9.18 Å². The quantitative estimate of drug-likeness (QED) is 0.827. The average molecular weight is 313 g/mol. The van der Waals surface area contributed by atoms with Crippen LogP contribution in [0.2, 0.25) is 0 Å². The summed E-state index contributed by atoms with van der Waals surface area (Å²) in [6.07, 6.45) is 1.88. The van der Waals surface area contributed by atoms with Gasteiger partial charge in [-0.3, -0.25) is 4.79 Å². The maximum Gasteiger partial charge on any atom is 0.220 e. The van der Waals surface area contributed by atoms with Gasteiger partial charge < -0.3 is 5.32 Å². The maximum atomic E-state index is 12.9. The molecule has 0 radical (unpaired) electrons. The van der Waals surface area contributed by atoms with Crippen molar-refractivity contribution in [1.82, 2.24) is 5.32 Å². The predicted molar refractivity (Wildman–Crippen MR) is 91.8 cm³/mol. The van der Waals surface area contributed by atoms with Crippen LogP contribution in [0.15, 0.2) is 42.5 Å². The van der Waals surface area contributed by atoms with Crippen molar-refractivity contribution in [1.29, 1.82) is 0 Å². The average Bonchev–Trinajstić information content (AvgIpc) is 2.55. The third-order valence-electron chi connectivity index (χ3n) is 4.23. The van der Waals surface area contributed by atoms with Crippen LogP contribution in [0, 0.1) is 19.7 Å². The Balaban J connectivity index is 1.94. The number of nitrogens with one attached hydrogen (secondary N) is 1. The fourth-order valence-corrected chi connectivity index (χ4v) is 2.58. The van der Waals surface area contributed by atoms with E-state index in [1.807, 2.05) is 0 Å². The van der Waals surface area contributed by atoms with Crippen LogP contribution < -0.4 is 5.32 Å². The van der Waals surface area contributed by atoms with Gasteiger partial charge in [-0.1, -0.05) is 37.3 Å². The molecule has 1 atom stereocenters. The summed E-state index contributed by atoms with van der Waals surface area (Å²) in [5, 5.41) is 3.10. The second-order valence-corrected chi connectivity index (χ2v) is 6.00. The van der Waals surface area contributed by atoms with E-state index >= 15 is 0 Å². The molecule has 0 fully saturated rings. The summed E-state index contributed by atoms with van der Waals surface area (Å²) in [6, 6.07) is 12.7. The molecule has 0 spiro atoms. The van der Waals surface area contributed by atoms with E-state index in [1.165, 1.54) is 23.3 Å². The molecule has 0 aliphatic heterocycles. The van der Waals surface area contributed by atoms with Gasteiger partial charge in [0.2, 0.25) is 5.91 Å². The molecule has 2 aromatic rings. The number of hydrogen-bond acceptors (Lipinski definition) is 1. The van der Waals surface area contributed by atoms with E-state index in [1.54, 1.807) is 12.1 Å². The van der Waals surface area contributed by atoms with Crippen molar-refractivity contribution >= 4 is 5.91 Å². The van der Waals surface area contributed by atoms with Gasteiger partial charge in [-0.25, -0.2) is 4.39 Å². The fraction of sp³-hybridized carbons (Fsp3) is 0.350. The van der Waals surface area contributed by atoms with Crippen molar-refractivity contribution in [2.24, 2.45) is 0 Å². The molecule has 3 heteroatoms. The molecule has 0 bridgehead atoms. The lowest BCUT2D eigenvalue weighted by Gasteiger charge is -2.18. The van der Waals surface area contributed by atoms with Crippen LogP contribution in [0.5, 0.6) is 0 Å². The third kappa shape index (κ3) is 4.92. The number of aryl methyl sites for hydroxylation is 3. The van der Waals surface area contributed by atoms with Gasteiger partial charge in [-0.15, -0.1) is 0 Å². The zero-order valence-electron chi connectivity index (χ0n) is 14.0. The summed E-state index contributed by atoms with van der Waals surface area (Å²) in [5.74, 6) is -0.224. The van der Waals surface area contributed by atoms with Gasteiger partial charge >= 0.3 is 0 Å². The third-order valence-corrected chi connectivity index (χ3v) is 4.23. The van der Waals surface area contributed by atoms with Crippen molar-refractivity contribution in [3.8, 4) is 0 Å². The van der Waals surface area contributed by atoms with Crippen molar-refractivity contribution in [2.75, 3.05) is 0 Å². The molecule has 0 aliphatic carbocycles. The van der Waals surface area contributed by atoms with Gasteiger partial charge in [0.1, 0.15) is 5.82 Å². The lowest BCUT2D eigenvalue weighted by molar-refractivity contribution is -0.121. The molecule has 1 N–H and O–H groups in total. The lowest BCUT2D eigenvalue weighted by Crippen LogP contribution is -2.28. The molecule has 0 unspecified atom stereocenters. The lowest BCUT2D eigenvalue weighted by atomic mass is 9.99. The molecule has 0 saturated heterocycles. The van der Waals surface area contributed by atoms with E-state index in [0.717, 1.165) is 17.5 Å². The highest BCUT2D eigenvalue weighted by Crippen LogP contribution is 2.20. The topological polar surface area (TPSA) is 29.1 Å². The molecular weight excluding hydrogens is 289 g/mol. The number of carbonyl (C=O) groups excluding carboxylic acids is 1. The summed E-state index contributed by atoms with van der Waals surface area (Å²) < 4.78 is 12.9. The van der Waals surface area contributed by atoms with Gasteiger partial charge in [0.05, 0.1) is 6.04 Å². The van der Waals surface area contributed by atoms with Crippen LogP contribution in [0.1, 0.15) is 48.1 Å². The second-order valence-electron chi connectivity index (χ2n) is 6.00. The van der Waals surface area contributed by atoms with Crippen molar-refractivity contribution in [3.05, 3.63) is 70.5 Å². The Morgan fingerprint density at radius 1 is 1.09 bits per heavy atom. The van der Waals surface area contributed by atoms with E-state index < -0.39 is 0 Å². The molecule has 1 amide bonds. The molecule has 2 rings (SSSR count). The SMILES string of the molecule is CC[C@@H](NC(=O)CCc1ccc(F)cc1)c1ccc(C)c(C)c1. The largest absolute Gasteiger partial charge is 0.349 e. The number of rotatable bonds is 6. The Labute approximate surface area is 137 Å². The van der Waals surface area contributed by atoms with Gasteiger partial charge in [-0.05, 0) is 61.1 Å². The van der Waals surface area contributed by atoms with Crippen LogP contribution >= 0.6 is 0 Å². The molecule has 0 aliphatic rings. The standard InChI is InChI=1S/C20H24FNO/c1-4-19(17-9-5-14(2)15(3)13-17)22-20(23)12-8-16-6-10-18(21)11-7-16/h5-7,9-11,13,19H,4,8,12H2,1-3H3,(H,22,23)/t19-/m1/s1. The second kappa shape index (κ2) is 7.91. The Morgan fingerprint density at radius 3 is 2.39 bits per heavy atom. The number of carbonyl (C=O) groups is 1. The Morgan fingerprint density at radius 2 is 1.78 bits per heavy atom. The summed E-state index contributed by atoms with van der Waals surface area (Å²) in [7, 11) is 0. The van der Waals surface area contributed by atoms with Crippen LogP contribution in [0.4, 0.5) is 4.39 Å². The molecule has 0 heterocycles. The van der Waals surface area contributed by atoms with Gasteiger partial charge in [0.25, 0.3) is 0 Å². The highest BCUT2D eigenvalue weighted by Gasteiger charge is 2.13. The first-order valence-corrected chi connectivity index (χ1v) is 8.10. The highest BCUT2D eigenvalue weighted by molar-refractivity contribution is 5.76. The first-order chi connectivity index (χ1) is 11.0. The Bertz CT molecular complexity index is 664. The minimum Gasteiger partial charge on any atom is -0.349 e. The molecule has 0 aromatic heterocycles. The number of halogens is 1. The van der Waals surface area contributed by atoms with Crippen LogP contribution in [-0.4, -0.2) is 5.91 Å². The number of hydrogen-bond donors (Lipinski definition) is 1. The Hall–Kier alpha value is -2.16. The zero-order valence-corrected chi connectivity index (χ0v) is 14.0. The van der Waals surface area contributed by atoms with Crippen molar-refractivity contribution in [2.45, 2.75) is 46.1 Å². The summed E-state index contributed by atoms with van der Waals surface area (Å²) in [6.45, 7) is 6.24. The van der Waals surface area contributed by atoms with Crippen LogP contribution in [0.25, 0.3) is 0 Å². The maximum absolute atomic E-state index is 12.9. The first-order valence-electron chi connectivity index (χ1n) is 8.10. The summed E-state index contributed by atoms with van der Waals surface area (Å²) in [5.41, 5.74) is 4.61. The highest BCUT2D eigenvalue weighted by atomic mass is 19.1. The minimum atomic E-state index is -0.251. The molecular formula is C20H24FNO. The van der Waals surface area contributed by atoms with Crippen molar-refractivity contribution in [3.63, 3.8) is 0 Å². The van der Waals surface area contributed by atoms with E-state index in [4.69, 9.17) is 0 Å². The Kier molecular flexibility index (Phi) is 5.91. The van der Waals surface area contributed by atoms with Crippen LogP contribution in [0.3, 0.4) is 0 Å². The normalized spacial score (nSPS) is 12.0. The molecule has 2 aromatic carbocycles. The predicted octanol–water partition coefficient (Wildman–Crippen LogP) is 4.64. The van der Waals surface area contributed by atoms with Crippen LogP contribution in [-0.2, 0) is 11.2 Å². The van der Waals surface area contributed by atoms with E-state index in [0.29, 0.717) is 12.8 Å². The number of benzene rings is 2. The van der Waals surface area contributed by atoms with E-state index in [2.05, 4.69) is 44.3 Å². The van der Waals surface area contributed by atoms with E-state index in [-0.39, 0.29) is 17.8 Å². The fourth-order valence-electron chi connectivity index (χ4n) is 2.58. The number of amides is 1. The zero-order chi connectivity index (χ0) is 16.8. The smallest absolute Gasteiger partial charge is 0.220 e.